The van der Waals surface area contributed by atoms with Gasteiger partial charge in [-0.2, -0.15) is 0 Å². The Morgan fingerprint density at radius 1 is 1.28 bits per heavy atom. The van der Waals surface area contributed by atoms with Crippen molar-refractivity contribution in [2.75, 3.05) is 13.7 Å². The first-order valence-electron chi connectivity index (χ1n) is 6.72. The fourth-order valence-electron chi connectivity index (χ4n) is 3.11. The van der Waals surface area contributed by atoms with E-state index in [9.17, 15) is 5.11 Å². The molecule has 2 rings (SSSR count). The van der Waals surface area contributed by atoms with Crippen molar-refractivity contribution >= 4 is 0 Å². The Morgan fingerprint density at radius 2 is 1.94 bits per heavy atom. The van der Waals surface area contributed by atoms with Gasteiger partial charge in [0.05, 0.1) is 7.11 Å². The van der Waals surface area contributed by atoms with E-state index < -0.39 is 0 Å². The molecule has 3 nitrogen and oxygen atoms in total. The van der Waals surface area contributed by atoms with Gasteiger partial charge in [-0.25, -0.2) is 0 Å². The fourth-order valence-corrected chi connectivity index (χ4v) is 3.11. The van der Waals surface area contributed by atoms with E-state index in [1.807, 2.05) is 13.0 Å². The van der Waals surface area contributed by atoms with Crippen LogP contribution in [0.5, 0.6) is 11.5 Å². The van der Waals surface area contributed by atoms with E-state index in [2.05, 4.69) is 6.07 Å². The quantitative estimate of drug-likeness (QED) is 0.866. The number of hydrogen-bond donors (Lipinski definition) is 2. The first-order chi connectivity index (χ1) is 8.64. The Hall–Kier alpha value is -1.22. The highest BCUT2D eigenvalue weighted by Crippen LogP contribution is 2.46. The highest BCUT2D eigenvalue weighted by Gasteiger charge is 2.36. The predicted octanol–water partition coefficient (Wildman–Crippen LogP) is 2.87. The van der Waals surface area contributed by atoms with Crippen LogP contribution in [-0.4, -0.2) is 18.8 Å². The van der Waals surface area contributed by atoms with Gasteiger partial charge >= 0.3 is 0 Å². The summed E-state index contributed by atoms with van der Waals surface area (Å²) < 4.78 is 5.43. The number of phenolic OH excluding ortho intramolecular Hbond substituents is 1. The van der Waals surface area contributed by atoms with Crippen LogP contribution >= 0.6 is 0 Å². The zero-order valence-corrected chi connectivity index (χ0v) is 11.3. The first-order valence-corrected chi connectivity index (χ1v) is 6.72. The molecular formula is C15H23NO2. The third-order valence-electron chi connectivity index (χ3n) is 4.31. The van der Waals surface area contributed by atoms with E-state index in [1.54, 1.807) is 7.11 Å². The summed E-state index contributed by atoms with van der Waals surface area (Å²) in [6.45, 7) is 2.50. The summed E-state index contributed by atoms with van der Waals surface area (Å²) in [5.74, 6) is 0.871. The van der Waals surface area contributed by atoms with E-state index in [1.165, 1.54) is 19.3 Å². The fraction of sp³-hybridized carbons (Fsp3) is 0.600. The molecule has 1 saturated carbocycles. The average Bonchev–Trinajstić information content (AvgIpc) is 2.42. The molecule has 0 aromatic heterocycles. The summed E-state index contributed by atoms with van der Waals surface area (Å²) >= 11 is 0. The second-order valence-corrected chi connectivity index (χ2v) is 5.36. The molecule has 0 heterocycles. The van der Waals surface area contributed by atoms with E-state index in [4.69, 9.17) is 10.5 Å². The SMILES string of the molecule is COc1c(C2(CN)CCCCC2)ccc(C)c1O. The lowest BCUT2D eigenvalue weighted by molar-refractivity contribution is 0.282. The first kappa shape index (κ1) is 13.2. The van der Waals surface area contributed by atoms with Gasteiger partial charge in [0.1, 0.15) is 0 Å². The molecule has 18 heavy (non-hydrogen) atoms. The van der Waals surface area contributed by atoms with Crippen molar-refractivity contribution < 1.29 is 9.84 Å². The molecule has 1 aliphatic carbocycles. The number of nitrogens with two attached hydrogens (primary N) is 1. The van der Waals surface area contributed by atoms with Crippen molar-refractivity contribution in [2.24, 2.45) is 5.73 Å². The predicted molar refractivity (Wildman–Crippen MR) is 73.2 cm³/mol. The van der Waals surface area contributed by atoms with Crippen molar-refractivity contribution in [2.45, 2.75) is 44.4 Å². The van der Waals surface area contributed by atoms with Gasteiger partial charge < -0.3 is 15.6 Å². The summed E-state index contributed by atoms with van der Waals surface area (Å²) in [7, 11) is 1.62. The lowest BCUT2D eigenvalue weighted by atomic mass is 9.69. The molecule has 100 valence electrons. The maximum absolute atomic E-state index is 10.2. The number of aryl methyl sites for hydroxylation is 1. The van der Waals surface area contributed by atoms with Crippen LogP contribution in [0, 0.1) is 6.92 Å². The number of ether oxygens (including phenoxy) is 1. The molecule has 0 bridgehead atoms. The third kappa shape index (κ3) is 2.07. The molecule has 1 aliphatic rings. The minimum absolute atomic E-state index is 0.0191. The summed E-state index contributed by atoms with van der Waals surface area (Å²) in [6.07, 6.45) is 5.86. The van der Waals surface area contributed by atoms with Crippen molar-refractivity contribution in [3.8, 4) is 11.5 Å². The van der Waals surface area contributed by atoms with Gasteiger partial charge in [-0.15, -0.1) is 0 Å². The maximum Gasteiger partial charge on any atom is 0.164 e. The van der Waals surface area contributed by atoms with Gasteiger partial charge in [-0.05, 0) is 25.3 Å². The summed E-state index contributed by atoms with van der Waals surface area (Å²) in [4.78, 5) is 0. The van der Waals surface area contributed by atoms with Crippen LogP contribution in [0.15, 0.2) is 12.1 Å². The minimum atomic E-state index is -0.0191. The van der Waals surface area contributed by atoms with E-state index in [-0.39, 0.29) is 11.2 Å². The Balaban J connectivity index is 2.51. The van der Waals surface area contributed by atoms with Crippen LogP contribution in [0.3, 0.4) is 0 Å². The molecule has 0 unspecified atom stereocenters. The van der Waals surface area contributed by atoms with E-state index >= 15 is 0 Å². The van der Waals surface area contributed by atoms with E-state index in [0.29, 0.717) is 12.3 Å². The number of rotatable bonds is 3. The van der Waals surface area contributed by atoms with Crippen LogP contribution in [0.25, 0.3) is 0 Å². The zero-order chi connectivity index (χ0) is 13.2. The Bertz CT molecular complexity index is 423. The number of phenols is 1. The van der Waals surface area contributed by atoms with Gasteiger partial charge in [0.25, 0.3) is 0 Å². The molecule has 0 saturated heterocycles. The van der Waals surface area contributed by atoms with Gasteiger partial charge in [0.15, 0.2) is 11.5 Å². The number of hydrogen-bond acceptors (Lipinski definition) is 3. The maximum atomic E-state index is 10.2. The highest BCUT2D eigenvalue weighted by molar-refractivity contribution is 5.53. The summed E-state index contributed by atoms with van der Waals surface area (Å²) in [5, 5.41) is 10.2. The summed E-state index contributed by atoms with van der Waals surface area (Å²) in [6, 6.07) is 4.03. The third-order valence-corrected chi connectivity index (χ3v) is 4.31. The van der Waals surface area contributed by atoms with Crippen LogP contribution in [0.2, 0.25) is 0 Å². The topological polar surface area (TPSA) is 55.5 Å². The molecule has 1 aromatic carbocycles. The number of aromatic hydroxyl groups is 1. The van der Waals surface area contributed by atoms with Gasteiger partial charge in [0, 0.05) is 17.5 Å². The second-order valence-electron chi connectivity index (χ2n) is 5.36. The number of methoxy groups -OCH3 is 1. The normalized spacial score (nSPS) is 18.6. The van der Waals surface area contributed by atoms with Crippen molar-refractivity contribution in [1.29, 1.82) is 0 Å². The molecule has 0 radical (unpaired) electrons. The number of benzene rings is 1. The second kappa shape index (κ2) is 5.19. The smallest absolute Gasteiger partial charge is 0.164 e. The average molecular weight is 249 g/mol. The molecule has 1 aromatic rings. The van der Waals surface area contributed by atoms with Gasteiger partial charge in [-0.3, -0.25) is 0 Å². The van der Waals surface area contributed by atoms with Gasteiger partial charge in [-0.1, -0.05) is 31.4 Å². The Labute approximate surface area is 109 Å². The minimum Gasteiger partial charge on any atom is -0.504 e. The Morgan fingerprint density at radius 3 is 2.50 bits per heavy atom. The van der Waals surface area contributed by atoms with Crippen LogP contribution in [0.4, 0.5) is 0 Å². The zero-order valence-electron chi connectivity index (χ0n) is 11.3. The standard InChI is InChI=1S/C15H23NO2/c1-11-6-7-12(14(18-2)13(11)17)15(10-16)8-4-3-5-9-15/h6-7,17H,3-5,8-10,16H2,1-2H3. The molecule has 3 N–H and O–H groups in total. The van der Waals surface area contributed by atoms with Crippen LogP contribution in [0.1, 0.15) is 43.2 Å². The van der Waals surface area contributed by atoms with Crippen molar-refractivity contribution in [1.82, 2.24) is 0 Å². The lowest BCUT2D eigenvalue weighted by Crippen LogP contribution is -2.37. The van der Waals surface area contributed by atoms with Crippen molar-refractivity contribution in [3.63, 3.8) is 0 Å². The lowest BCUT2D eigenvalue weighted by Gasteiger charge is -2.37. The molecule has 0 amide bonds. The molecule has 0 atom stereocenters. The van der Waals surface area contributed by atoms with Crippen LogP contribution in [-0.2, 0) is 5.41 Å². The highest BCUT2D eigenvalue weighted by atomic mass is 16.5. The molecule has 1 fully saturated rings. The molecular weight excluding hydrogens is 226 g/mol. The molecule has 3 heteroatoms. The van der Waals surface area contributed by atoms with Gasteiger partial charge in [0.2, 0.25) is 0 Å². The Kier molecular flexibility index (Phi) is 3.81. The molecule has 0 spiro atoms. The van der Waals surface area contributed by atoms with Crippen LogP contribution < -0.4 is 10.5 Å². The van der Waals surface area contributed by atoms with Crippen molar-refractivity contribution in [3.05, 3.63) is 23.3 Å². The molecule has 0 aliphatic heterocycles. The van der Waals surface area contributed by atoms with E-state index in [0.717, 1.165) is 24.0 Å². The monoisotopic (exact) mass is 249 g/mol. The summed E-state index contributed by atoms with van der Waals surface area (Å²) in [5.41, 5.74) is 7.95. The largest absolute Gasteiger partial charge is 0.504 e.